The molecule has 7 nitrogen and oxygen atoms in total. The second-order valence-electron chi connectivity index (χ2n) is 3.74. The lowest BCUT2D eigenvalue weighted by Crippen LogP contribution is -2.11. The summed E-state index contributed by atoms with van der Waals surface area (Å²) >= 11 is 1.44. The Hall–Kier alpha value is -1.96. The van der Waals surface area contributed by atoms with E-state index in [0.29, 0.717) is 30.5 Å². The van der Waals surface area contributed by atoms with Crippen LogP contribution in [0.2, 0.25) is 0 Å². The number of carbonyl (C=O) groups excluding carboxylic acids is 1. The van der Waals surface area contributed by atoms with Crippen LogP contribution in [0.1, 0.15) is 22.3 Å². The summed E-state index contributed by atoms with van der Waals surface area (Å²) < 4.78 is 6.66. The predicted molar refractivity (Wildman–Crippen MR) is 71.3 cm³/mol. The van der Waals surface area contributed by atoms with E-state index in [0.717, 1.165) is 4.88 Å². The van der Waals surface area contributed by atoms with Gasteiger partial charge in [0, 0.05) is 17.6 Å². The molecular formula is C11H15N5O2S. The number of anilines is 1. The SMILES string of the molecule is CCOC(=O)c1nc(NCCn2ccnn2)sc1C. The Morgan fingerprint density at radius 3 is 3.11 bits per heavy atom. The van der Waals surface area contributed by atoms with Crippen LogP contribution in [0.25, 0.3) is 0 Å². The number of carbonyl (C=O) groups is 1. The topological polar surface area (TPSA) is 81.9 Å². The van der Waals surface area contributed by atoms with Crippen molar-refractivity contribution in [1.82, 2.24) is 20.0 Å². The van der Waals surface area contributed by atoms with Gasteiger partial charge in [0.05, 0.1) is 19.3 Å². The highest BCUT2D eigenvalue weighted by Gasteiger charge is 2.16. The van der Waals surface area contributed by atoms with Crippen molar-refractivity contribution < 1.29 is 9.53 Å². The molecule has 0 atom stereocenters. The van der Waals surface area contributed by atoms with Crippen molar-refractivity contribution in [1.29, 1.82) is 0 Å². The van der Waals surface area contributed by atoms with E-state index in [2.05, 4.69) is 20.6 Å². The van der Waals surface area contributed by atoms with Gasteiger partial charge < -0.3 is 10.1 Å². The molecular weight excluding hydrogens is 266 g/mol. The standard InChI is InChI=1S/C11H15N5O2S/c1-3-18-10(17)9-8(2)19-11(14-9)12-4-6-16-7-5-13-15-16/h5,7H,3-4,6H2,1-2H3,(H,12,14). The van der Waals surface area contributed by atoms with Gasteiger partial charge in [-0.3, -0.25) is 4.68 Å². The maximum Gasteiger partial charge on any atom is 0.358 e. The molecule has 19 heavy (non-hydrogen) atoms. The number of nitrogens with zero attached hydrogens (tertiary/aromatic N) is 4. The second-order valence-corrected chi connectivity index (χ2v) is 4.94. The largest absolute Gasteiger partial charge is 0.461 e. The van der Waals surface area contributed by atoms with Crippen molar-refractivity contribution in [2.45, 2.75) is 20.4 Å². The molecule has 0 amide bonds. The van der Waals surface area contributed by atoms with Crippen molar-refractivity contribution in [2.24, 2.45) is 0 Å². The number of aryl methyl sites for hydroxylation is 1. The normalized spacial score (nSPS) is 10.4. The molecule has 0 radical (unpaired) electrons. The van der Waals surface area contributed by atoms with Crippen LogP contribution in [0, 0.1) is 6.92 Å². The van der Waals surface area contributed by atoms with Crippen molar-refractivity contribution in [2.75, 3.05) is 18.5 Å². The summed E-state index contributed by atoms with van der Waals surface area (Å²) in [6.45, 7) is 5.33. The molecule has 0 unspecified atom stereocenters. The van der Waals surface area contributed by atoms with Crippen LogP contribution < -0.4 is 5.32 Å². The fourth-order valence-electron chi connectivity index (χ4n) is 1.49. The highest BCUT2D eigenvalue weighted by molar-refractivity contribution is 7.15. The number of esters is 1. The molecule has 2 heterocycles. The molecule has 0 saturated heterocycles. The molecule has 1 N–H and O–H groups in total. The second kappa shape index (κ2) is 6.28. The van der Waals surface area contributed by atoms with Crippen molar-refractivity contribution in [3.63, 3.8) is 0 Å². The van der Waals surface area contributed by atoms with E-state index in [4.69, 9.17) is 4.74 Å². The molecule has 2 rings (SSSR count). The average molecular weight is 281 g/mol. The van der Waals surface area contributed by atoms with Gasteiger partial charge in [-0.2, -0.15) is 0 Å². The lowest BCUT2D eigenvalue weighted by atomic mass is 10.4. The fraction of sp³-hybridized carbons (Fsp3) is 0.455. The molecule has 8 heteroatoms. The third-order valence-electron chi connectivity index (χ3n) is 2.35. The minimum Gasteiger partial charge on any atom is -0.461 e. The summed E-state index contributed by atoms with van der Waals surface area (Å²) in [4.78, 5) is 16.7. The fourth-order valence-corrected chi connectivity index (χ4v) is 2.32. The first-order chi connectivity index (χ1) is 9.20. The Balaban J connectivity index is 1.90. The third kappa shape index (κ3) is 3.50. The molecule has 2 aromatic rings. The van der Waals surface area contributed by atoms with Crippen molar-refractivity contribution in [3.05, 3.63) is 23.0 Å². The minimum atomic E-state index is -0.374. The van der Waals surface area contributed by atoms with Crippen molar-refractivity contribution >= 4 is 22.4 Å². The number of hydrogen-bond acceptors (Lipinski definition) is 7. The zero-order valence-electron chi connectivity index (χ0n) is 10.8. The van der Waals surface area contributed by atoms with E-state index in [1.165, 1.54) is 11.3 Å². The minimum absolute atomic E-state index is 0.352. The van der Waals surface area contributed by atoms with Crippen LogP contribution in [-0.4, -0.2) is 39.1 Å². The molecule has 0 saturated carbocycles. The van der Waals surface area contributed by atoms with Gasteiger partial charge in [-0.05, 0) is 13.8 Å². The summed E-state index contributed by atoms with van der Waals surface area (Å²) in [5.41, 5.74) is 0.384. The molecule has 102 valence electrons. The monoisotopic (exact) mass is 281 g/mol. The Morgan fingerprint density at radius 1 is 1.58 bits per heavy atom. The van der Waals surface area contributed by atoms with Gasteiger partial charge in [-0.15, -0.1) is 16.4 Å². The first-order valence-electron chi connectivity index (χ1n) is 5.93. The number of rotatable bonds is 6. The lowest BCUT2D eigenvalue weighted by molar-refractivity contribution is 0.0519. The first-order valence-corrected chi connectivity index (χ1v) is 6.75. The number of hydrogen-bond donors (Lipinski definition) is 1. The maximum atomic E-state index is 11.6. The summed E-state index contributed by atoms with van der Waals surface area (Å²) in [7, 11) is 0. The Kier molecular flexibility index (Phi) is 4.45. The van der Waals surface area contributed by atoms with Gasteiger partial charge in [-0.25, -0.2) is 9.78 Å². The van der Waals surface area contributed by atoms with E-state index in [9.17, 15) is 4.79 Å². The van der Waals surface area contributed by atoms with Gasteiger partial charge in [-0.1, -0.05) is 5.21 Å². The summed E-state index contributed by atoms with van der Waals surface area (Å²) in [6.07, 6.45) is 3.42. The molecule has 0 spiro atoms. The summed E-state index contributed by atoms with van der Waals surface area (Å²) in [5.74, 6) is -0.374. The van der Waals surface area contributed by atoms with Crippen LogP contribution in [0.5, 0.6) is 0 Å². The average Bonchev–Trinajstić information content (AvgIpc) is 2.99. The van der Waals surface area contributed by atoms with Crippen LogP contribution >= 0.6 is 11.3 Å². The van der Waals surface area contributed by atoms with Gasteiger partial charge in [0.2, 0.25) is 0 Å². The number of ether oxygens (including phenoxy) is 1. The van der Waals surface area contributed by atoms with Crippen LogP contribution in [-0.2, 0) is 11.3 Å². The van der Waals surface area contributed by atoms with E-state index < -0.39 is 0 Å². The van der Waals surface area contributed by atoms with Crippen LogP contribution in [0.3, 0.4) is 0 Å². The first kappa shape index (κ1) is 13.5. The molecule has 0 aliphatic heterocycles. The molecule has 2 aromatic heterocycles. The third-order valence-corrected chi connectivity index (χ3v) is 3.28. The van der Waals surface area contributed by atoms with Gasteiger partial charge in [0.25, 0.3) is 0 Å². The summed E-state index contributed by atoms with van der Waals surface area (Å²) in [6, 6.07) is 0. The predicted octanol–water partition coefficient (Wildman–Crippen LogP) is 1.33. The van der Waals surface area contributed by atoms with Gasteiger partial charge in [0.1, 0.15) is 0 Å². The maximum absolute atomic E-state index is 11.6. The Bertz CT molecular complexity index is 537. The van der Waals surface area contributed by atoms with E-state index >= 15 is 0 Å². The van der Waals surface area contributed by atoms with Gasteiger partial charge >= 0.3 is 5.97 Å². The molecule has 0 aliphatic rings. The van der Waals surface area contributed by atoms with E-state index in [1.807, 2.05) is 6.92 Å². The molecule has 0 fully saturated rings. The van der Waals surface area contributed by atoms with E-state index in [1.54, 1.807) is 24.0 Å². The Labute approximate surface area is 114 Å². The van der Waals surface area contributed by atoms with Crippen LogP contribution in [0.15, 0.2) is 12.4 Å². The highest BCUT2D eigenvalue weighted by atomic mass is 32.1. The van der Waals surface area contributed by atoms with Crippen LogP contribution in [0.4, 0.5) is 5.13 Å². The molecule has 0 bridgehead atoms. The van der Waals surface area contributed by atoms with Gasteiger partial charge in [0.15, 0.2) is 10.8 Å². The number of aromatic nitrogens is 4. The zero-order valence-corrected chi connectivity index (χ0v) is 11.6. The zero-order chi connectivity index (χ0) is 13.7. The van der Waals surface area contributed by atoms with E-state index in [-0.39, 0.29) is 5.97 Å². The molecule has 0 aliphatic carbocycles. The number of nitrogens with one attached hydrogen (secondary N) is 1. The Morgan fingerprint density at radius 2 is 2.42 bits per heavy atom. The highest BCUT2D eigenvalue weighted by Crippen LogP contribution is 2.22. The smallest absolute Gasteiger partial charge is 0.358 e. The molecule has 0 aromatic carbocycles. The lowest BCUT2D eigenvalue weighted by Gasteiger charge is -2.01. The quantitative estimate of drug-likeness (QED) is 0.804. The summed E-state index contributed by atoms with van der Waals surface area (Å²) in [5, 5.41) is 11.4. The number of thiazole rings is 1. The van der Waals surface area contributed by atoms with Crippen molar-refractivity contribution in [3.8, 4) is 0 Å².